The maximum atomic E-state index is 15.5. The predicted molar refractivity (Wildman–Crippen MR) is 139 cm³/mol. The van der Waals surface area contributed by atoms with Crippen LogP contribution in [0.1, 0.15) is 40.1 Å². The third-order valence-corrected chi connectivity index (χ3v) is 7.05. The highest BCUT2D eigenvalue weighted by Crippen LogP contribution is 2.37. The Bertz CT molecular complexity index is 1530. The fourth-order valence-electron chi connectivity index (χ4n) is 4.71. The van der Waals surface area contributed by atoms with Crippen LogP contribution in [0.5, 0.6) is 0 Å². The lowest BCUT2D eigenvalue weighted by molar-refractivity contribution is -0.138. The molecule has 2 aromatic carbocycles. The van der Waals surface area contributed by atoms with Crippen LogP contribution >= 0.6 is 0 Å². The van der Waals surface area contributed by atoms with E-state index >= 15 is 4.39 Å². The number of hydrogen-bond acceptors (Lipinski definition) is 5. The molecule has 4 rings (SSSR count). The van der Waals surface area contributed by atoms with Crippen LogP contribution in [0.15, 0.2) is 47.4 Å². The first-order valence-corrected chi connectivity index (χ1v) is 12.2. The van der Waals surface area contributed by atoms with Crippen molar-refractivity contribution in [2.75, 3.05) is 30.4 Å². The molecule has 1 aliphatic rings. The maximum absolute atomic E-state index is 15.5. The van der Waals surface area contributed by atoms with Gasteiger partial charge in [0.2, 0.25) is 5.56 Å². The zero-order valence-corrected chi connectivity index (χ0v) is 21.7. The number of rotatable bonds is 5. The number of aromatic nitrogens is 1. The molecule has 1 fully saturated rings. The Kier molecular flexibility index (Phi) is 7.70. The van der Waals surface area contributed by atoms with Gasteiger partial charge in [0.25, 0.3) is 11.8 Å². The molecular formula is C27H26F5N5O3. The molecule has 1 aromatic heterocycles. The molecule has 0 saturated carbocycles. The standard InChI is InChI=1S/C27H26F5N5O3/c1-13-11-37(12-14(2)36(13)3)23-9-21(29)17(15-4-5-16(25(33)39)20(28)6-15)7-22(23)35-26(40)18-10-34-24(38)8-19(18)27(30,31)32/h4-10,13-14H,11-12H2,1-3H3,(H2,33,39)(H,34,38)(H,35,40). The number of aromatic amines is 1. The molecule has 212 valence electrons. The molecule has 0 radical (unpaired) electrons. The Hall–Kier alpha value is -4.26. The minimum Gasteiger partial charge on any atom is -0.367 e. The molecule has 3 aromatic rings. The summed E-state index contributed by atoms with van der Waals surface area (Å²) < 4.78 is 70.9. The van der Waals surface area contributed by atoms with E-state index in [1.807, 2.05) is 20.9 Å². The van der Waals surface area contributed by atoms with E-state index in [-0.39, 0.29) is 40.7 Å². The van der Waals surface area contributed by atoms with Crippen LogP contribution in [0.2, 0.25) is 0 Å². The Balaban J connectivity index is 1.84. The molecule has 40 heavy (non-hydrogen) atoms. The number of nitrogens with one attached hydrogen (secondary N) is 2. The number of nitrogens with zero attached hydrogens (tertiary/aromatic N) is 2. The minimum absolute atomic E-state index is 0.00202. The lowest BCUT2D eigenvalue weighted by Crippen LogP contribution is -2.55. The SMILES string of the molecule is CC1CN(c2cc(F)c(-c3ccc(C(N)=O)c(F)c3)cc2NC(=O)c2c[nH]c(=O)cc2C(F)(F)F)CC(C)N1C. The number of likely N-dealkylation sites (N-methyl/N-ethyl adjacent to an activating group) is 1. The van der Waals surface area contributed by atoms with Crippen molar-refractivity contribution in [3.63, 3.8) is 0 Å². The fraction of sp³-hybridized carbons (Fsp3) is 0.296. The molecule has 2 heterocycles. The van der Waals surface area contributed by atoms with Gasteiger partial charge >= 0.3 is 6.18 Å². The van der Waals surface area contributed by atoms with E-state index < -0.39 is 51.9 Å². The van der Waals surface area contributed by atoms with Gasteiger partial charge in [-0.25, -0.2) is 8.78 Å². The number of pyridine rings is 1. The first-order chi connectivity index (χ1) is 18.7. The zero-order valence-electron chi connectivity index (χ0n) is 21.7. The van der Waals surface area contributed by atoms with Crippen LogP contribution in [-0.2, 0) is 6.18 Å². The quantitative estimate of drug-likeness (QED) is 0.403. The molecule has 1 saturated heterocycles. The molecule has 8 nitrogen and oxygen atoms in total. The third kappa shape index (κ3) is 5.69. The van der Waals surface area contributed by atoms with Crippen LogP contribution < -0.4 is 21.5 Å². The lowest BCUT2D eigenvalue weighted by atomic mass is 9.99. The summed E-state index contributed by atoms with van der Waals surface area (Å²) in [7, 11) is 1.93. The van der Waals surface area contributed by atoms with Crippen LogP contribution in [-0.4, -0.2) is 53.9 Å². The van der Waals surface area contributed by atoms with Gasteiger partial charge in [-0.05, 0) is 50.7 Å². The van der Waals surface area contributed by atoms with Gasteiger partial charge in [0.15, 0.2) is 0 Å². The van der Waals surface area contributed by atoms with Gasteiger partial charge in [-0.3, -0.25) is 19.3 Å². The number of H-pyrrole nitrogens is 1. The lowest BCUT2D eigenvalue weighted by Gasteiger charge is -2.44. The van der Waals surface area contributed by atoms with E-state index in [1.165, 1.54) is 12.1 Å². The number of benzene rings is 2. The largest absolute Gasteiger partial charge is 0.417 e. The minimum atomic E-state index is -5.00. The van der Waals surface area contributed by atoms with Gasteiger partial charge in [-0.1, -0.05) is 6.07 Å². The Morgan fingerprint density at radius 3 is 2.23 bits per heavy atom. The molecular weight excluding hydrogens is 537 g/mol. The summed E-state index contributed by atoms with van der Waals surface area (Å²) in [6, 6.07) is 5.85. The van der Waals surface area contributed by atoms with Crippen molar-refractivity contribution in [1.29, 1.82) is 0 Å². The van der Waals surface area contributed by atoms with E-state index in [4.69, 9.17) is 5.73 Å². The van der Waals surface area contributed by atoms with Gasteiger partial charge < -0.3 is 20.9 Å². The highest BCUT2D eigenvalue weighted by atomic mass is 19.4. The van der Waals surface area contributed by atoms with Crippen molar-refractivity contribution in [3.05, 3.63) is 81.3 Å². The highest BCUT2D eigenvalue weighted by molar-refractivity contribution is 6.07. The number of carbonyl (C=O) groups excluding carboxylic acids is 2. The summed E-state index contributed by atoms with van der Waals surface area (Å²) in [4.78, 5) is 42.1. The molecule has 4 N–H and O–H groups in total. The number of hydrogen-bond donors (Lipinski definition) is 3. The molecule has 13 heteroatoms. The Morgan fingerprint density at radius 1 is 1.00 bits per heavy atom. The summed E-state index contributed by atoms with van der Waals surface area (Å²) >= 11 is 0. The van der Waals surface area contributed by atoms with Crippen LogP contribution in [0, 0.1) is 11.6 Å². The second-order valence-electron chi connectivity index (χ2n) is 9.75. The van der Waals surface area contributed by atoms with Crippen molar-refractivity contribution in [2.24, 2.45) is 5.73 Å². The number of carbonyl (C=O) groups is 2. The van der Waals surface area contributed by atoms with Crippen molar-refractivity contribution >= 4 is 23.2 Å². The van der Waals surface area contributed by atoms with Gasteiger partial charge in [0.1, 0.15) is 11.6 Å². The molecule has 2 amide bonds. The predicted octanol–water partition coefficient (Wildman–Crippen LogP) is 4.22. The molecule has 2 unspecified atom stereocenters. The van der Waals surface area contributed by atoms with Crippen molar-refractivity contribution in [3.8, 4) is 11.1 Å². The molecule has 0 aliphatic carbocycles. The van der Waals surface area contributed by atoms with Gasteiger partial charge in [-0.15, -0.1) is 0 Å². The van der Waals surface area contributed by atoms with Gasteiger partial charge in [-0.2, -0.15) is 13.2 Å². The Morgan fingerprint density at radius 2 is 1.65 bits per heavy atom. The summed E-state index contributed by atoms with van der Waals surface area (Å²) in [5.41, 5.74) is 1.39. The van der Waals surface area contributed by atoms with E-state index in [0.717, 1.165) is 18.2 Å². The molecule has 2 atom stereocenters. The number of alkyl halides is 3. The van der Waals surface area contributed by atoms with E-state index in [2.05, 4.69) is 15.2 Å². The van der Waals surface area contributed by atoms with Crippen molar-refractivity contribution in [1.82, 2.24) is 9.88 Å². The second-order valence-corrected chi connectivity index (χ2v) is 9.75. The highest BCUT2D eigenvalue weighted by Gasteiger charge is 2.36. The van der Waals surface area contributed by atoms with Crippen LogP contribution in [0.3, 0.4) is 0 Å². The number of nitrogens with two attached hydrogens (primary N) is 1. The second kappa shape index (κ2) is 10.7. The Labute approximate surface area is 225 Å². The van der Waals surface area contributed by atoms with E-state index in [1.54, 1.807) is 4.90 Å². The number of amides is 2. The van der Waals surface area contributed by atoms with E-state index in [0.29, 0.717) is 19.3 Å². The first-order valence-electron chi connectivity index (χ1n) is 12.2. The number of primary amides is 1. The average molecular weight is 564 g/mol. The maximum Gasteiger partial charge on any atom is 0.417 e. The van der Waals surface area contributed by atoms with Crippen molar-refractivity contribution in [2.45, 2.75) is 32.1 Å². The average Bonchev–Trinajstić information content (AvgIpc) is 2.86. The molecule has 1 aliphatic heterocycles. The fourth-order valence-corrected chi connectivity index (χ4v) is 4.71. The van der Waals surface area contributed by atoms with Crippen molar-refractivity contribution < 1.29 is 31.5 Å². The summed E-state index contributed by atoms with van der Waals surface area (Å²) in [5.74, 6) is -4.01. The molecule has 0 bridgehead atoms. The smallest absolute Gasteiger partial charge is 0.367 e. The normalized spacial score (nSPS) is 18.1. The monoisotopic (exact) mass is 563 g/mol. The number of piperazine rings is 1. The van der Waals surface area contributed by atoms with Gasteiger partial charge in [0, 0.05) is 43.0 Å². The topological polar surface area (TPSA) is 112 Å². The number of anilines is 2. The van der Waals surface area contributed by atoms with E-state index in [9.17, 15) is 31.9 Å². The first kappa shape index (κ1) is 28.7. The summed E-state index contributed by atoms with van der Waals surface area (Å²) in [5, 5.41) is 2.43. The van der Waals surface area contributed by atoms with Gasteiger partial charge in [0.05, 0.1) is 28.1 Å². The third-order valence-electron chi connectivity index (χ3n) is 7.05. The number of halogens is 5. The zero-order chi connectivity index (χ0) is 29.5. The summed E-state index contributed by atoms with van der Waals surface area (Å²) in [6.45, 7) is 4.73. The van der Waals surface area contributed by atoms with Crippen LogP contribution in [0.4, 0.5) is 33.3 Å². The summed E-state index contributed by atoms with van der Waals surface area (Å²) in [6.07, 6.45) is -4.34. The molecule has 0 spiro atoms. The van der Waals surface area contributed by atoms with Crippen LogP contribution in [0.25, 0.3) is 11.1 Å².